The number of furan rings is 1. The van der Waals surface area contributed by atoms with Crippen LogP contribution in [-0.4, -0.2) is 20.7 Å². The smallest absolute Gasteiger partial charge is 0.275 e. The molecule has 1 amide bonds. The lowest BCUT2D eigenvalue weighted by Crippen LogP contribution is -2.30. The quantitative estimate of drug-likeness (QED) is 0.474. The van der Waals surface area contributed by atoms with E-state index in [1.807, 2.05) is 54.8 Å². The van der Waals surface area contributed by atoms with Gasteiger partial charge in [0.25, 0.3) is 5.56 Å². The zero-order chi connectivity index (χ0) is 20.7. The van der Waals surface area contributed by atoms with Crippen LogP contribution in [0.25, 0.3) is 33.2 Å². The van der Waals surface area contributed by atoms with Gasteiger partial charge in [-0.3, -0.25) is 9.59 Å². The first-order valence-electron chi connectivity index (χ1n) is 9.29. The van der Waals surface area contributed by atoms with E-state index in [2.05, 4.69) is 15.4 Å². The molecular formula is C22H16N4O3S. The Hall–Kier alpha value is -3.78. The second-order valence-corrected chi connectivity index (χ2v) is 7.69. The molecule has 3 aromatic heterocycles. The van der Waals surface area contributed by atoms with Crippen LogP contribution in [0, 0.1) is 6.92 Å². The second kappa shape index (κ2) is 7.23. The number of carbonyl (C=O) groups excluding carboxylic acids is 1. The van der Waals surface area contributed by atoms with Gasteiger partial charge in [-0.15, -0.1) is 11.3 Å². The van der Waals surface area contributed by atoms with E-state index in [0.717, 1.165) is 16.4 Å². The van der Waals surface area contributed by atoms with Crippen LogP contribution in [0.1, 0.15) is 5.69 Å². The minimum absolute atomic E-state index is 0.190. The van der Waals surface area contributed by atoms with Crippen LogP contribution in [0.5, 0.6) is 0 Å². The fourth-order valence-electron chi connectivity index (χ4n) is 3.36. The predicted molar refractivity (Wildman–Crippen MR) is 117 cm³/mol. The number of carbonyl (C=O) groups is 1. The van der Waals surface area contributed by atoms with Gasteiger partial charge < -0.3 is 9.73 Å². The Kier molecular flexibility index (Phi) is 4.40. The van der Waals surface area contributed by atoms with Crippen molar-refractivity contribution in [2.75, 3.05) is 5.32 Å². The normalized spacial score (nSPS) is 11.2. The number of nitrogens with zero attached hydrogens (tertiary/aromatic N) is 3. The second-order valence-electron chi connectivity index (χ2n) is 6.83. The topological polar surface area (TPSA) is 90.0 Å². The van der Waals surface area contributed by atoms with Crippen LogP contribution < -0.4 is 10.9 Å². The number of para-hydroxylation sites is 1. The molecule has 5 aromatic rings. The summed E-state index contributed by atoms with van der Waals surface area (Å²) in [4.78, 5) is 29.6. The number of aryl methyl sites for hydroxylation is 1. The summed E-state index contributed by atoms with van der Waals surface area (Å²) < 4.78 is 7.00. The van der Waals surface area contributed by atoms with Gasteiger partial charge in [-0.1, -0.05) is 36.4 Å². The van der Waals surface area contributed by atoms with Gasteiger partial charge in [0, 0.05) is 16.2 Å². The third kappa shape index (κ3) is 3.27. The molecule has 0 aliphatic rings. The molecule has 0 radical (unpaired) electrons. The minimum atomic E-state index is -0.371. The molecule has 1 N–H and O–H groups in total. The summed E-state index contributed by atoms with van der Waals surface area (Å²) in [5, 5.41) is 11.6. The largest absolute Gasteiger partial charge is 0.454 e. The number of benzene rings is 2. The fourth-order valence-corrected chi connectivity index (χ4v) is 4.07. The highest BCUT2D eigenvalue weighted by Gasteiger charge is 2.14. The minimum Gasteiger partial charge on any atom is -0.454 e. The van der Waals surface area contributed by atoms with Crippen molar-refractivity contribution in [3.63, 3.8) is 0 Å². The van der Waals surface area contributed by atoms with Gasteiger partial charge >= 0.3 is 0 Å². The third-order valence-electron chi connectivity index (χ3n) is 4.77. The molecule has 0 fully saturated rings. The van der Waals surface area contributed by atoms with E-state index in [1.54, 1.807) is 12.1 Å². The van der Waals surface area contributed by atoms with Crippen LogP contribution in [0.3, 0.4) is 0 Å². The zero-order valence-corrected chi connectivity index (χ0v) is 16.8. The Morgan fingerprint density at radius 2 is 1.90 bits per heavy atom. The summed E-state index contributed by atoms with van der Waals surface area (Å²) in [5.41, 5.74) is 1.82. The van der Waals surface area contributed by atoms with E-state index in [-0.39, 0.29) is 18.0 Å². The summed E-state index contributed by atoms with van der Waals surface area (Å²) >= 11 is 1.29. The molecule has 148 valence electrons. The molecule has 5 rings (SSSR count). The van der Waals surface area contributed by atoms with Crippen molar-refractivity contribution in [2.24, 2.45) is 0 Å². The molecule has 8 heteroatoms. The van der Waals surface area contributed by atoms with Crippen molar-refractivity contribution in [1.29, 1.82) is 0 Å². The SMILES string of the molecule is Cc1nn(CC(=O)Nc2nc(-c3cc4ccccc4o3)cs2)c(=O)c2ccccc12. The number of anilines is 1. The third-order valence-corrected chi connectivity index (χ3v) is 5.53. The van der Waals surface area contributed by atoms with Gasteiger partial charge in [-0.25, -0.2) is 9.67 Å². The molecule has 0 atom stereocenters. The van der Waals surface area contributed by atoms with Crippen LogP contribution in [-0.2, 0) is 11.3 Å². The maximum Gasteiger partial charge on any atom is 0.275 e. The number of nitrogens with one attached hydrogen (secondary N) is 1. The van der Waals surface area contributed by atoms with E-state index in [4.69, 9.17) is 4.42 Å². The molecule has 3 heterocycles. The van der Waals surface area contributed by atoms with Crippen molar-refractivity contribution in [3.8, 4) is 11.5 Å². The number of thiazole rings is 1. The number of fused-ring (bicyclic) bond motifs is 2. The summed E-state index contributed by atoms with van der Waals surface area (Å²) in [6.07, 6.45) is 0. The van der Waals surface area contributed by atoms with E-state index in [0.29, 0.717) is 27.7 Å². The number of hydrogen-bond donors (Lipinski definition) is 1. The Balaban J connectivity index is 1.36. The van der Waals surface area contributed by atoms with E-state index in [9.17, 15) is 9.59 Å². The predicted octanol–water partition coefficient (Wildman–Crippen LogP) is 4.21. The molecule has 30 heavy (non-hydrogen) atoms. The van der Waals surface area contributed by atoms with Gasteiger partial charge in [0.2, 0.25) is 5.91 Å². The van der Waals surface area contributed by atoms with Crippen molar-refractivity contribution in [1.82, 2.24) is 14.8 Å². The molecule has 2 aromatic carbocycles. The standard InChI is InChI=1S/C22H16N4O3S/c1-13-15-7-3-4-8-16(15)21(28)26(25-13)11-20(27)24-22-23-17(12-30-22)19-10-14-6-2-5-9-18(14)29-19/h2-10,12H,11H2,1H3,(H,23,24,27). The van der Waals surface area contributed by atoms with Crippen LogP contribution in [0.2, 0.25) is 0 Å². The summed E-state index contributed by atoms with van der Waals surface area (Å²) in [5.74, 6) is 0.265. The Labute approximate surface area is 174 Å². The highest BCUT2D eigenvalue weighted by molar-refractivity contribution is 7.14. The van der Waals surface area contributed by atoms with Gasteiger partial charge in [-0.05, 0) is 25.1 Å². The lowest BCUT2D eigenvalue weighted by molar-refractivity contribution is -0.117. The monoisotopic (exact) mass is 416 g/mol. The Bertz CT molecular complexity index is 1430. The van der Waals surface area contributed by atoms with Crippen LogP contribution in [0.4, 0.5) is 5.13 Å². The van der Waals surface area contributed by atoms with Crippen molar-refractivity contribution in [3.05, 3.63) is 76.0 Å². The molecule has 0 spiro atoms. The van der Waals surface area contributed by atoms with Gasteiger partial charge in [0.15, 0.2) is 10.9 Å². The first-order chi connectivity index (χ1) is 14.6. The maximum absolute atomic E-state index is 12.6. The summed E-state index contributed by atoms with van der Waals surface area (Å²) in [6, 6.07) is 16.9. The molecule has 0 unspecified atom stereocenters. The number of hydrogen-bond acceptors (Lipinski definition) is 6. The number of aromatic nitrogens is 3. The summed E-state index contributed by atoms with van der Waals surface area (Å²) in [6.45, 7) is 1.63. The highest BCUT2D eigenvalue weighted by Crippen LogP contribution is 2.30. The van der Waals surface area contributed by atoms with Gasteiger partial charge in [-0.2, -0.15) is 5.10 Å². The lowest BCUT2D eigenvalue weighted by Gasteiger charge is -2.08. The average molecular weight is 416 g/mol. The average Bonchev–Trinajstić information content (AvgIpc) is 3.38. The molecule has 0 aliphatic heterocycles. The first-order valence-corrected chi connectivity index (χ1v) is 10.2. The lowest BCUT2D eigenvalue weighted by atomic mass is 10.1. The zero-order valence-electron chi connectivity index (χ0n) is 16.0. The number of amides is 1. The van der Waals surface area contributed by atoms with Crippen molar-refractivity contribution in [2.45, 2.75) is 13.5 Å². The molecule has 0 bridgehead atoms. The van der Waals surface area contributed by atoms with Crippen molar-refractivity contribution >= 4 is 44.1 Å². The fraction of sp³-hybridized carbons (Fsp3) is 0.0909. The van der Waals surface area contributed by atoms with Crippen molar-refractivity contribution < 1.29 is 9.21 Å². The van der Waals surface area contributed by atoms with E-state index < -0.39 is 0 Å². The molecule has 0 aliphatic carbocycles. The first kappa shape index (κ1) is 18.3. The molecule has 0 saturated carbocycles. The molecule has 0 saturated heterocycles. The Morgan fingerprint density at radius 1 is 1.13 bits per heavy atom. The van der Waals surface area contributed by atoms with E-state index >= 15 is 0 Å². The van der Waals surface area contributed by atoms with E-state index in [1.165, 1.54) is 16.0 Å². The van der Waals surface area contributed by atoms with Gasteiger partial charge in [0.05, 0.1) is 11.1 Å². The van der Waals surface area contributed by atoms with Gasteiger partial charge in [0.1, 0.15) is 17.8 Å². The molecule has 7 nitrogen and oxygen atoms in total. The maximum atomic E-state index is 12.6. The number of rotatable bonds is 4. The van der Waals surface area contributed by atoms with Crippen LogP contribution in [0.15, 0.2) is 69.2 Å². The van der Waals surface area contributed by atoms with Crippen LogP contribution >= 0.6 is 11.3 Å². The highest BCUT2D eigenvalue weighted by atomic mass is 32.1. The Morgan fingerprint density at radius 3 is 2.73 bits per heavy atom. The summed E-state index contributed by atoms with van der Waals surface area (Å²) in [7, 11) is 0. The molecular weight excluding hydrogens is 400 g/mol.